The minimum Gasteiger partial charge on any atom is -0.299 e. The molecule has 1 aromatic heterocycles. The lowest BCUT2D eigenvalue weighted by molar-refractivity contribution is -0.117. The van der Waals surface area contributed by atoms with Gasteiger partial charge < -0.3 is 0 Å². The van der Waals surface area contributed by atoms with Crippen molar-refractivity contribution in [2.75, 3.05) is 5.32 Å². The number of nitrogens with zero attached hydrogens (tertiary/aromatic N) is 2. The molecule has 0 aliphatic carbocycles. The number of hydrogen-bond acceptors (Lipinski definition) is 6. The van der Waals surface area contributed by atoms with E-state index in [9.17, 15) is 17.6 Å². The Balaban J connectivity index is 1.68. The molecule has 1 amide bonds. The molecule has 1 heterocycles. The largest absolute Gasteiger partial charge is 0.299 e. The molecule has 0 saturated heterocycles. The molecule has 0 spiro atoms. The minimum absolute atomic E-state index is 0.232. The fourth-order valence-corrected chi connectivity index (χ4v) is 4.23. The molecule has 0 aliphatic heterocycles. The van der Waals surface area contributed by atoms with Crippen LogP contribution in [0.4, 0.5) is 9.52 Å². The van der Waals surface area contributed by atoms with Crippen LogP contribution in [-0.4, -0.2) is 30.6 Å². The highest BCUT2D eigenvalue weighted by molar-refractivity contribution is 7.89. The summed E-state index contributed by atoms with van der Waals surface area (Å²) in [5.74, 6) is -1.53. The molecule has 2 N–H and O–H groups in total. The summed E-state index contributed by atoms with van der Waals surface area (Å²) < 4.78 is 40.4. The number of nitrogens with one attached hydrogen (secondary N) is 2. The lowest BCUT2D eigenvalue weighted by Gasteiger charge is -2.13. The summed E-state index contributed by atoms with van der Waals surface area (Å²) in [5.41, 5.74) is 0.851. The first-order valence-electron chi connectivity index (χ1n) is 7.83. The average Bonchev–Trinajstić information content (AvgIpc) is 3.11. The Bertz CT molecular complexity index is 1050. The summed E-state index contributed by atoms with van der Waals surface area (Å²) in [6.07, 6.45) is 0. The molecule has 0 saturated carbocycles. The van der Waals surface area contributed by atoms with E-state index >= 15 is 0 Å². The van der Waals surface area contributed by atoms with Crippen LogP contribution in [0.1, 0.15) is 6.92 Å². The van der Waals surface area contributed by atoms with Gasteiger partial charge in [0.05, 0.1) is 6.04 Å². The molecule has 0 unspecified atom stereocenters. The second-order valence-corrected chi connectivity index (χ2v) is 8.20. The van der Waals surface area contributed by atoms with Crippen molar-refractivity contribution in [3.8, 4) is 10.6 Å². The van der Waals surface area contributed by atoms with Gasteiger partial charge in [-0.3, -0.25) is 10.1 Å². The third-order valence-electron chi connectivity index (χ3n) is 3.53. The Morgan fingerprint density at radius 1 is 1.07 bits per heavy atom. The Hall–Kier alpha value is -2.69. The zero-order valence-electron chi connectivity index (χ0n) is 14.1. The van der Waals surface area contributed by atoms with Crippen LogP contribution in [0.2, 0.25) is 0 Å². The Labute approximate surface area is 159 Å². The zero-order valence-corrected chi connectivity index (χ0v) is 15.7. The standard InChI is InChI=1S/C17H15FN4O3S2/c1-11(22-27(24,25)14-10-6-5-9-13(14)18)15(23)19-17-21-20-16(26-17)12-7-3-2-4-8-12/h2-11,22H,1H3,(H,19,21,23)/t11-/m0/s1. The van der Waals surface area contributed by atoms with Crippen LogP contribution >= 0.6 is 11.3 Å². The van der Waals surface area contributed by atoms with Gasteiger partial charge in [-0.15, -0.1) is 10.2 Å². The first kappa shape index (κ1) is 19.1. The van der Waals surface area contributed by atoms with E-state index in [4.69, 9.17) is 0 Å². The smallest absolute Gasteiger partial charge is 0.244 e. The summed E-state index contributed by atoms with van der Waals surface area (Å²) in [6.45, 7) is 1.35. The average molecular weight is 406 g/mol. The van der Waals surface area contributed by atoms with Gasteiger partial charge in [0, 0.05) is 5.56 Å². The number of sulfonamides is 1. The second-order valence-electron chi connectivity index (χ2n) is 5.54. The fraction of sp³-hybridized carbons (Fsp3) is 0.118. The number of benzene rings is 2. The highest BCUT2D eigenvalue weighted by Gasteiger charge is 2.25. The van der Waals surface area contributed by atoms with E-state index < -0.39 is 32.7 Å². The molecule has 27 heavy (non-hydrogen) atoms. The van der Waals surface area contributed by atoms with Gasteiger partial charge in [0.25, 0.3) is 0 Å². The van der Waals surface area contributed by atoms with E-state index in [0.717, 1.165) is 29.0 Å². The van der Waals surface area contributed by atoms with Crippen molar-refractivity contribution >= 4 is 32.4 Å². The van der Waals surface area contributed by atoms with Crippen molar-refractivity contribution < 1.29 is 17.6 Å². The number of carbonyl (C=O) groups is 1. The molecule has 0 fully saturated rings. The molecule has 0 radical (unpaired) electrons. The van der Waals surface area contributed by atoms with Crippen molar-refractivity contribution in [1.29, 1.82) is 0 Å². The van der Waals surface area contributed by atoms with Crippen LogP contribution in [0, 0.1) is 5.82 Å². The number of hydrogen-bond donors (Lipinski definition) is 2. The molecule has 0 bridgehead atoms. The number of rotatable bonds is 6. The van der Waals surface area contributed by atoms with Crippen LogP contribution in [0.3, 0.4) is 0 Å². The highest BCUT2D eigenvalue weighted by Crippen LogP contribution is 2.26. The Morgan fingerprint density at radius 3 is 2.44 bits per heavy atom. The first-order valence-corrected chi connectivity index (χ1v) is 10.1. The number of anilines is 1. The van der Waals surface area contributed by atoms with Gasteiger partial charge in [-0.25, -0.2) is 12.8 Å². The molecule has 0 aliphatic rings. The normalized spacial score (nSPS) is 12.5. The molecule has 3 aromatic rings. The van der Waals surface area contributed by atoms with Crippen LogP contribution in [0.5, 0.6) is 0 Å². The monoisotopic (exact) mass is 406 g/mol. The molecule has 10 heteroatoms. The van der Waals surface area contributed by atoms with Gasteiger partial charge in [0.2, 0.25) is 21.1 Å². The summed E-state index contributed by atoms with van der Waals surface area (Å²) >= 11 is 1.16. The van der Waals surface area contributed by atoms with E-state index in [2.05, 4.69) is 20.2 Å². The van der Waals surface area contributed by atoms with Crippen LogP contribution in [0.15, 0.2) is 59.5 Å². The molecule has 2 aromatic carbocycles. The first-order chi connectivity index (χ1) is 12.9. The number of aromatic nitrogens is 2. The maximum absolute atomic E-state index is 13.7. The molecule has 140 valence electrons. The van der Waals surface area contributed by atoms with E-state index in [1.807, 2.05) is 30.3 Å². The summed E-state index contributed by atoms with van der Waals surface area (Å²) in [5, 5.41) is 11.2. The van der Waals surface area contributed by atoms with Gasteiger partial charge in [-0.1, -0.05) is 53.8 Å². The Kier molecular flexibility index (Phi) is 5.59. The highest BCUT2D eigenvalue weighted by atomic mass is 32.2. The third-order valence-corrected chi connectivity index (χ3v) is 5.99. The SMILES string of the molecule is C[C@H](NS(=O)(=O)c1ccccc1F)C(=O)Nc1nnc(-c2ccccc2)s1. The molecular weight excluding hydrogens is 391 g/mol. The predicted molar refractivity (Wildman–Crippen MR) is 100 cm³/mol. The van der Waals surface area contributed by atoms with Gasteiger partial charge in [0.15, 0.2) is 0 Å². The van der Waals surface area contributed by atoms with E-state index in [-0.39, 0.29) is 5.13 Å². The van der Waals surface area contributed by atoms with E-state index in [1.165, 1.54) is 19.1 Å². The zero-order chi connectivity index (χ0) is 19.4. The molecule has 7 nitrogen and oxygen atoms in total. The number of halogens is 1. The summed E-state index contributed by atoms with van der Waals surface area (Å²) in [6, 6.07) is 13.1. The summed E-state index contributed by atoms with van der Waals surface area (Å²) in [4.78, 5) is 11.7. The van der Waals surface area contributed by atoms with Gasteiger partial charge in [-0.05, 0) is 19.1 Å². The van der Waals surface area contributed by atoms with Crippen molar-refractivity contribution in [1.82, 2.24) is 14.9 Å². The van der Waals surface area contributed by atoms with Crippen LogP contribution in [-0.2, 0) is 14.8 Å². The van der Waals surface area contributed by atoms with E-state index in [1.54, 1.807) is 0 Å². The van der Waals surface area contributed by atoms with Crippen molar-refractivity contribution in [3.05, 3.63) is 60.4 Å². The lowest BCUT2D eigenvalue weighted by atomic mass is 10.2. The van der Waals surface area contributed by atoms with Crippen molar-refractivity contribution in [2.45, 2.75) is 17.9 Å². The quantitative estimate of drug-likeness (QED) is 0.655. The predicted octanol–water partition coefficient (Wildman–Crippen LogP) is 2.65. The van der Waals surface area contributed by atoms with Crippen molar-refractivity contribution in [2.24, 2.45) is 0 Å². The minimum atomic E-state index is -4.18. The Morgan fingerprint density at radius 2 is 1.74 bits per heavy atom. The second kappa shape index (κ2) is 7.91. The third kappa shape index (κ3) is 4.54. The number of amides is 1. The molecule has 1 atom stereocenters. The maximum atomic E-state index is 13.7. The fourth-order valence-electron chi connectivity index (χ4n) is 2.20. The van der Waals surface area contributed by atoms with Crippen molar-refractivity contribution in [3.63, 3.8) is 0 Å². The maximum Gasteiger partial charge on any atom is 0.244 e. The molecular formula is C17H15FN4O3S2. The number of carbonyl (C=O) groups excluding carboxylic acids is 1. The van der Waals surface area contributed by atoms with Gasteiger partial charge in [0.1, 0.15) is 15.7 Å². The van der Waals surface area contributed by atoms with Crippen LogP contribution in [0.25, 0.3) is 10.6 Å². The van der Waals surface area contributed by atoms with E-state index in [0.29, 0.717) is 5.01 Å². The van der Waals surface area contributed by atoms with Crippen LogP contribution < -0.4 is 10.0 Å². The molecule has 3 rings (SSSR count). The lowest BCUT2D eigenvalue weighted by Crippen LogP contribution is -2.41. The van der Waals surface area contributed by atoms with Gasteiger partial charge >= 0.3 is 0 Å². The summed E-state index contributed by atoms with van der Waals surface area (Å²) in [7, 11) is -4.18. The topological polar surface area (TPSA) is 101 Å². The van der Waals surface area contributed by atoms with Gasteiger partial charge in [-0.2, -0.15) is 4.72 Å².